The van der Waals surface area contributed by atoms with Crippen LogP contribution in [0.3, 0.4) is 0 Å². The third-order valence-corrected chi connectivity index (χ3v) is 5.17. The van der Waals surface area contributed by atoms with Crippen LogP contribution in [0.5, 0.6) is 0 Å². The first-order valence-electron chi connectivity index (χ1n) is 9.75. The van der Waals surface area contributed by atoms with E-state index >= 15 is 0 Å². The molecular formula is C21H32N4OS. The third kappa shape index (κ3) is 8.54. The van der Waals surface area contributed by atoms with Crippen molar-refractivity contribution in [2.45, 2.75) is 46.6 Å². The summed E-state index contributed by atoms with van der Waals surface area (Å²) in [5, 5.41) is 7.80. The van der Waals surface area contributed by atoms with Crippen LogP contribution in [0.15, 0.2) is 35.3 Å². The predicted molar refractivity (Wildman–Crippen MR) is 115 cm³/mol. The Labute approximate surface area is 167 Å². The molecule has 1 heterocycles. The van der Waals surface area contributed by atoms with Gasteiger partial charge in [-0.25, -0.2) is 9.98 Å². The van der Waals surface area contributed by atoms with Gasteiger partial charge in [-0.15, -0.1) is 11.3 Å². The van der Waals surface area contributed by atoms with Gasteiger partial charge in [0.1, 0.15) is 0 Å². The molecule has 0 radical (unpaired) electrons. The number of thiazole rings is 1. The summed E-state index contributed by atoms with van der Waals surface area (Å²) in [4.78, 5) is 10.4. The van der Waals surface area contributed by atoms with Gasteiger partial charge in [0.25, 0.3) is 0 Å². The molecule has 6 heteroatoms. The van der Waals surface area contributed by atoms with Crippen molar-refractivity contribution in [1.82, 2.24) is 15.6 Å². The molecule has 1 aromatic carbocycles. The monoisotopic (exact) mass is 388 g/mol. The van der Waals surface area contributed by atoms with E-state index in [1.807, 2.05) is 19.9 Å². The Morgan fingerprint density at radius 1 is 1.11 bits per heavy atom. The summed E-state index contributed by atoms with van der Waals surface area (Å²) in [6.07, 6.45) is 3.09. The molecule has 148 valence electrons. The summed E-state index contributed by atoms with van der Waals surface area (Å²) in [5.74, 6) is 0.868. The minimum absolute atomic E-state index is 0.676. The summed E-state index contributed by atoms with van der Waals surface area (Å²) in [7, 11) is 0. The Bertz CT molecular complexity index is 685. The number of benzene rings is 1. The minimum Gasteiger partial charge on any atom is -0.381 e. The number of aryl methyl sites for hydroxylation is 2. The zero-order valence-corrected chi connectivity index (χ0v) is 17.6. The fourth-order valence-electron chi connectivity index (χ4n) is 2.69. The summed E-state index contributed by atoms with van der Waals surface area (Å²) in [5.41, 5.74) is 2.42. The number of rotatable bonds is 11. The number of guanidine groups is 1. The molecule has 0 spiro atoms. The number of aromatic nitrogens is 1. The normalized spacial score (nSPS) is 11.6. The van der Waals surface area contributed by atoms with E-state index in [-0.39, 0.29) is 0 Å². The zero-order valence-electron chi connectivity index (χ0n) is 16.8. The van der Waals surface area contributed by atoms with E-state index in [4.69, 9.17) is 4.74 Å². The second kappa shape index (κ2) is 12.5. The molecule has 0 saturated heterocycles. The van der Waals surface area contributed by atoms with Gasteiger partial charge in [-0.2, -0.15) is 0 Å². The predicted octanol–water partition coefficient (Wildman–Crippen LogP) is 3.85. The lowest BCUT2D eigenvalue weighted by molar-refractivity contribution is 0.133. The van der Waals surface area contributed by atoms with Crippen LogP contribution in [-0.2, 0) is 17.7 Å². The average Bonchev–Trinajstić information content (AvgIpc) is 2.99. The smallest absolute Gasteiger partial charge is 0.191 e. The number of nitrogens with zero attached hydrogens (tertiary/aromatic N) is 2. The molecule has 0 aliphatic heterocycles. The molecule has 0 unspecified atom stereocenters. The fraction of sp³-hybridized carbons (Fsp3) is 0.524. The van der Waals surface area contributed by atoms with E-state index in [2.05, 4.69) is 51.8 Å². The van der Waals surface area contributed by atoms with E-state index in [0.717, 1.165) is 62.2 Å². The van der Waals surface area contributed by atoms with Crippen molar-refractivity contribution in [2.75, 3.05) is 26.3 Å². The SMILES string of the molecule is CCNC(=NCc1sc(C)nc1C)NCCCCOCCc1ccccc1. The van der Waals surface area contributed by atoms with Crippen molar-refractivity contribution < 1.29 is 4.74 Å². The second-order valence-electron chi connectivity index (χ2n) is 6.42. The maximum atomic E-state index is 5.73. The van der Waals surface area contributed by atoms with Gasteiger partial charge < -0.3 is 15.4 Å². The average molecular weight is 389 g/mol. The topological polar surface area (TPSA) is 58.5 Å². The van der Waals surface area contributed by atoms with Crippen LogP contribution >= 0.6 is 11.3 Å². The van der Waals surface area contributed by atoms with Gasteiger partial charge in [0.05, 0.1) is 23.9 Å². The highest BCUT2D eigenvalue weighted by Gasteiger charge is 2.04. The van der Waals surface area contributed by atoms with Crippen molar-refractivity contribution in [3.8, 4) is 0 Å². The summed E-state index contributed by atoms with van der Waals surface area (Å²) in [6, 6.07) is 10.5. The van der Waals surface area contributed by atoms with Crippen molar-refractivity contribution in [1.29, 1.82) is 0 Å². The Hall–Kier alpha value is -1.92. The fourth-order valence-corrected chi connectivity index (χ4v) is 3.55. The lowest BCUT2D eigenvalue weighted by atomic mass is 10.2. The quantitative estimate of drug-likeness (QED) is 0.349. The van der Waals surface area contributed by atoms with Crippen molar-refractivity contribution >= 4 is 17.3 Å². The highest BCUT2D eigenvalue weighted by molar-refractivity contribution is 7.11. The Morgan fingerprint density at radius 2 is 1.93 bits per heavy atom. The number of nitrogens with one attached hydrogen (secondary N) is 2. The number of hydrogen-bond acceptors (Lipinski definition) is 4. The van der Waals surface area contributed by atoms with Gasteiger partial charge in [0.15, 0.2) is 5.96 Å². The summed E-state index contributed by atoms with van der Waals surface area (Å²) >= 11 is 1.72. The maximum absolute atomic E-state index is 5.73. The van der Waals surface area contributed by atoms with Gasteiger partial charge in [0, 0.05) is 24.6 Å². The molecule has 0 bridgehead atoms. The molecule has 2 N–H and O–H groups in total. The van der Waals surface area contributed by atoms with E-state index in [9.17, 15) is 0 Å². The van der Waals surface area contributed by atoms with Crippen molar-refractivity contribution in [3.05, 3.63) is 51.5 Å². The highest BCUT2D eigenvalue weighted by Crippen LogP contribution is 2.17. The Kier molecular flexibility index (Phi) is 9.87. The van der Waals surface area contributed by atoms with E-state index < -0.39 is 0 Å². The zero-order chi connectivity index (χ0) is 19.3. The van der Waals surface area contributed by atoms with Crippen LogP contribution in [0.2, 0.25) is 0 Å². The van der Waals surface area contributed by atoms with Crippen LogP contribution in [-0.4, -0.2) is 37.2 Å². The number of hydrogen-bond donors (Lipinski definition) is 2. The number of aliphatic imine (C=N–C) groups is 1. The Morgan fingerprint density at radius 3 is 2.63 bits per heavy atom. The Balaban J connectivity index is 1.58. The van der Waals surface area contributed by atoms with Crippen LogP contribution in [0.1, 0.15) is 40.9 Å². The summed E-state index contributed by atoms with van der Waals surface area (Å²) < 4.78 is 5.73. The summed E-state index contributed by atoms with van der Waals surface area (Å²) in [6.45, 7) is 10.2. The number of ether oxygens (including phenoxy) is 1. The molecule has 5 nitrogen and oxygen atoms in total. The van der Waals surface area contributed by atoms with Crippen LogP contribution in [0.4, 0.5) is 0 Å². The largest absolute Gasteiger partial charge is 0.381 e. The van der Waals surface area contributed by atoms with Gasteiger partial charge in [-0.05, 0) is 45.6 Å². The molecule has 0 saturated carbocycles. The molecule has 27 heavy (non-hydrogen) atoms. The van der Waals surface area contributed by atoms with E-state index in [1.54, 1.807) is 11.3 Å². The molecule has 0 atom stereocenters. The molecule has 1 aromatic heterocycles. The number of unbranched alkanes of at least 4 members (excludes halogenated alkanes) is 1. The lowest BCUT2D eigenvalue weighted by Crippen LogP contribution is -2.37. The first-order valence-corrected chi connectivity index (χ1v) is 10.6. The van der Waals surface area contributed by atoms with Crippen molar-refractivity contribution in [2.24, 2.45) is 4.99 Å². The van der Waals surface area contributed by atoms with Gasteiger partial charge >= 0.3 is 0 Å². The van der Waals surface area contributed by atoms with Gasteiger partial charge in [-0.1, -0.05) is 30.3 Å². The van der Waals surface area contributed by atoms with E-state index in [1.165, 1.54) is 10.4 Å². The van der Waals surface area contributed by atoms with Crippen LogP contribution in [0.25, 0.3) is 0 Å². The van der Waals surface area contributed by atoms with Gasteiger partial charge in [0.2, 0.25) is 0 Å². The first-order chi connectivity index (χ1) is 13.2. The third-order valence-electron chi connectivity index (χ3n) is 4.11. The minimum atomic E-state index is 0.676. The molecular weight excluding hydrogens is 356 g/mol. The van der Waals surface area contributed by atoms with E-state index in [0.29, 0.717) is 6.54 Å². The molecule has 0 aliphatic carbocycles. The maximum Gasteiger partial charge on any atom is 0.191 e. The molecule has 2 rings (SSSR count). The second-order valence-corrected chi connectivity index (χ2v) is 7.71. The highest BCUT2D eigenvalue weighted by atomic mass is 32.1. The molecule has 0 fully saturated rings. The molecule has 2 aromatic rings. The van der Waals surface area contributed by atoms with Gasteiger partial charge in [-0.3, -0.25) is 0 Å². The molecule has 0 amide bonds. The van der Waals surface area contributed by atoms with Crippen molar-refractivity contribution in [3.63, 3.8) is 0 Å². The van der Waals surface area contributed by atoms with Crippen LogP contribution < -0.4 is 10.6 Å². The van der Waals surface area contributed by atoms with Crippen LogP contribution in [0, 0.1) is 13.8 Å². The standard InChI is InChI=1S/C21H32N4OS/c1-4-22-21(24-16-20-17(2)25-18(3)27-20)23-13-8-9-14-26-15-12-19-10-6-5-7-11-19/h5-7,10-11H,4,8-9,12-16H2,1-3H3,(H2,22,23,24). The lowest BCUT2D eigenvalue weighted by Gasteiger charge is -2.11. The first kappa shape index (κ1) is 21.4. The molecule has 0 aliphatic rings.